The molecule has 0 aromatic heterocycles. The van der Waals surface area contributed by atoms with Crippen molar-refractivity contribution < 1.29 is 4.39 Å². The van der Waals surface area contributed by atoms with Gasteiger partial charge >= 0.3 is 0 Å². The third-order valence-corrected chi connectivity index (χ3v) is 3.12. The molecule has 1 rings (SSSR count). The molecule has 2 nitrogen and oxygen atoms in total. The molecule has 1 aromatic rings. The second-order valence-electron chi connectivity index (χ2n) is 4.28. The van der Waals surface area contributed by atoms with E-state index in [9.17, 15) is 4.39 Å². The van der Waals surface area contributed by atoms with E-state index in [-0.39, 0.29) is 5.82 Å². The Hall–Kier alpha value is -0.450. The highest BCUT2D eigenvalue weighted by atomic mass is 79.9. The van der Waals surface area contributed by atoms with Crippen molar-refractivity contribution in [3.8, 4) is 0 Å². The fourth-order valence-corrected chi connectivity index (χ4v) is 1.87. The number of halogens is 2. The second kappa shape index (κ2) is 6.33. The van der Waals surface area contributed by atoms with E-state index in [1.807, 2.05) is 6.07 Å². The third-order valence-electron chi connectivity index (χ3n) is 2.38. The van der Waals surface area contributed by atoms with Crippen LogP contribution in [0.3, 0.4) is 0 Å². The summed E-state index contributed by atoms with van der Waals surface area (Å²) >= 11 is 3.38. The zero-order valence-corrected chi connectivity index (χ0v) is 11.6. The molecule has 0 N–H and O–H groups in total. The predicted octanol–water partition coefficient (Wildman–Crippen LogP) is 2.58. The quantitative estimate of drug-likeness (QED) is 0.822. The maximum Gasteiger partial charge on any atom is 0.124 e. The molecule has 0 saturated carbocycles. The Morgan fingerprint density at radius 2 is 1.88 bits per heavy atom. The van der Waals surface area contributed by atoms with E-state index in [2.05, 4.69) is 46.9 Å². The molecule has 0 aliphatic rings. The van der Waals surface area contributed by atoms with Gasteiger partial charge in [-0.1, -0.05) is 22.0 Å². The molecule has 0 aliphatic heterocycles. The van der Waals surface area contributed by atoms with Gasteiger partial charge in [-0.3, -0.25) is 0 Å². The van der Waals surface area contributed by atoms with Gasteiger partial charge in [0.25, 0.3) is 0 Å². The van der Waals surface area contributed by atoms with E-state index < -0.39 is 0 Å². The third kappa shape index (κ3) is 4.60. The normalized spacial score (nSPS) is 11.4. The van der Waals surface area contributed by atoms with Gasteiger partial charge in [0.1, 0.15) is 5.82 Å². The van der Waals surface area contributed by atoms with Crippen LogP contribution in [-0.4, -0.2) is 44.0 Å². The highest BCUT2D eigenvalue weighted by Gasteiger charge is 2.05. The second-order valence-corrected chi connectivity index (χ2v) is 5.13. The van der Waals surface area contributed by atoms with Crippen LogP contribution < -0.4 is 0 Å². The van der Waals surface area contributed by atoms with Crippen molar-refractivity contribution in [1.82, 2.24) is 9.80 Å². The van der Waals surface area contributed by atoms with E-state index in [0.717, 1.165) is 29.7 Å². The highest BCUT2D eigenvalue weighted by molar-refractivity contribution is 9.10. The van der Waals surface area contributed by atoms with Crippen molar-refractivity contribution in [2.24, 2.45) is 0 Å². The molecular weight excluding hydrogens is 271 g/mol. The van der Waals surface area contributed by atoms with Gasteiger partial charge < -0.3 is 9.80 Å². The number of hydrogen-bond acceptors (Lipinski definition) is 2. The van der Waals surface area contributed by atoms with Gasteiger partial charge in [0, 0.05) is 24.1 Å². The minimum atomic E-state index is -0.202. The summed E-state index contributed by atoms with van der Waals surface area (Å²) in [4.78, 5) is 4.37. The van der Waals surface area contributed by atoms with Crippen LogP contribution in [0, 0.1) is 5.82 Å². The van der Waals surface area contributed by atoms with Crippen LogP contribution in [0.4, 0.5) is 4.39 Å². The van der Waals surface area contributed by atoms with Gasteiger partial charge in [0.15, 0.2) is 0 Å². The molecule has 0 fully saturated rings. The molecular formula is C12H18BrFN2. The molecule has 0 spiro atoms. The summed E-state index contributed by atoms with van der Waals surface area (Å²) in [6, 6.07) is 4.83. The molecule has 0 bridgehead atoms. The van der Waals surface area contributed by atoms with Crippen molar-refractivity contribution in [2.45, 2.75) is 6.54 Å². The van der Waals surface area contributed by atoms with Crippen molar-refractivity contribution in [2.75, 3.05) is 34.2 Å². The van der Waals surface area contributed by atoms with Crippen LogP contribution in [0.1, 0.15) is 5.56 Å². The summed E-state index contributed by atoms with van der Waals surface area (Å²) in [6.07, 6.45) is 0. The number of rotatable bonds is 5. The lowest BCUT2D eigenvalue weighted by Crippen LogP contribution is -2.28. The SMILES string of the molecule is CN(C)CCN(C)Cc1ccc(F)cc1Br. The highest BCUT2D eigenvalue weighted by Crippen LogP contribution is 2.19. The Morgan fingerprint density at radius 3 is 2.44 bits per heavy atom. The smallest absolute Gasteiger partial charge is 0.124 e. The van der Waals surface area contributed by atoms with Gasteiger partial charge in [0.05, 0.1) is 0 Å². The Morgan fingerprint density at radius 1 is 1.19 bits per heavy atom. The van der Waals surface area contributed by atoms with Gasteiger partial charge in [-0.15, -0.1) is 0 Å². The van der Waals surface area contributed by atoms with Crippen LogP contribution in [0.2, 0.25) is 0 Å². The molecule has 90 valence electrons. The fraction of sp³-hybridized carbons (Fsp3) is 0.500. The lowest BCUT2D eigenvalue weighted by molar-refractivity contribution is 0.276. The summed E-state index contributed by atoms with van der Waals surface area (Å²) in [5.74, 6) is -0.202. The molecule has 0 heterocycles. The first-order valence-corrected chi connectivity index (χ1v) is 6.05. The van der Waals surface area contributed by atoms with Crippen LogP contribution >= 0.6 is 15.9 Å². The zero-order valence-electron chi connectivity index (χ0n) is 10.0. The number of likely N-dealkylation sites (N-methyl/N-ethyl adjacent to an activating group) is 2. The van der Waals surface area contributed by atoms with Crippen molar-refractivity contribution in [3.63, 3.8) is 0 Å². The average molecular weight is 289 g/mol. The molecule has 0 unspecified atom stereocenters. The fourth-order valence-electron chi connectivity index (χ4n) is 1.39. The lowest BCUT2D eigenvalue weighted by atomic mass is 10.2. The average Bonchev–Trinajstić information content (AvgIpc) is 2.19. The first-order chi connectivity index (χ1) is 7.49. The summed E-state index contributed by atoms with van der Waals surface area (Å²) < 4.78 is 13.7. The van der Waals surface area contributed by atoms with E-state index in [4.69, 9.17) is 0 Å². The predicted molar refractivity (Wildman–Crippen MR) is 69.0 cm³/mol. The molecule has 0 radical (unpaired) electrons. The summed E-state index contributed by atoms with van der Waals surface area (Å²) in [7, 11) is 6.18. The number of nitrogens with zero attached hydrogens (tertiary/aromatic N) is 2. The van der Waals surface area contributed by atoms with E-state index in [1.165, 1.54) is 12.1 Å². The molecule has 0 atom stereocenters. The van der Waals surface area contributed by atoms with Gasteiger partial charge in [-0.05, 0) is 38.8 Å². The molecule has 0 saturated heterocycles. The molecule has 0 amide bonds. The lowest BCUT2D eigenvalue weighted by Gasteiger charge is -2.19. The Kier molecular flexibility index (Phi) is 5.38. The minimum Gasteiger partial charge on any atom is -0.308 e. The van der Waals surface area contributed by atoms with Crippen LogP contribution in [0.15, 0.2) is 22.7 Å². The van der Waals surface area contributed by atoms with E-state index >= 15 is 0 Å². The number of benzene rings is 1. The standard InChI is InChI=1S/C12H18BrFN2/c1-15(2)6-7-16(3)9-10-4-5-11(14)8-12(10)13/h4-5,8H,6-7,9H2,1-3H3. The molecule has 16 heavy (non-hydrogen) atoms. The summed E-state index contributed by atoms with van der Waals surface area (Å²) in [5.41, 5.74) is 1.11. The first kappa shape index (κ1) is 13.6. The van der Waals surface area contributed by atoms with Crippen LogP contribution in [0.25, 0.3) is 0 Å². The van der Waals surface area contributed by atoms with Crippen molar-refractivity contribution in [3.05, 3.63) is 34.1 Å². The minimum absolute atomic E-state index is 0.202. The molecule has 4 heteroatoms. The van der Waals surface area contributed by atoms with Gasteiger partial charge in [-0.25, -0.2) is 4.39 Å². The Labute approximate surface area is 105 Å². The monoisotopic (exact) mass is 288 g/mol. The molecule has 1 aromatic carbocycles. The largest absolute Gasteiger partial charge is 0.308 e. The summed E-state index contributed by atoms with van der Waals surface area (Å²) in [6.45, 7) is 2.85. The van der Waals surface area contributed by atoms with Crippen molar-refractivity contribution in [1.29, 1.82) is 0 Å². The van der Waals surface area contributed by atoms with Crippen LogP contribution in [0.5, 0.6) is 0 Å². The zero-order chi connectivity index (χ0) is 12.1. The Balaban J connectivity index is 2.52. The van der Waals surface area contributed by atoms with Gasteiger partial charge in [0.2, 0.25) is 0 Å². The maximum absolute atomic E-state index is 12.9. The number of hydrogen-bond donors (Lipinski definition) is 0. The topological polar surface area (TPSA) is 6.48 Å². The maximum atomic E-state index is 12.9. The molecule has 0 aliphatic carbocycles. The summed E-state index contributed by atoms with van der Waals surface area (Å²) in [5, 5.41) is 0. The van der Waals surface area contributed by atoms with E-state index in [1.54, 1.807) is 0 Å². The van der Waals surface area contributed by atoms with Crippen LogP contribution in [-0.2, 0) is 6.54 Å². The van der Waals surface area contributed by atoms with E-state index in [0.29, 0.717) is 0 Å². The first-order valence-electron chi connectivity index (χ1n) is 5.26. The Bertz CT molecular complexity index is 342. The van der Waals surface area contributed by atoms with Gasteiger partial charge in [-0.2, -0.15) is 0 Å². The van der Waals surface area contributed by atoms with Crippen molar-refractivity contribution >= 4 is 15.9 Å².